The Bertz CT molecular complexity index is 3940. The fourth-order valence-corrected chi connectivity index (χ4v) is 36.8. The molecule has 0 saturated heterocycles. The van der Waals surface area contributed by atoms with Crippen LogP contribution in [0.15, 0.2) is 12.2 Å². The number of aliphatic hydroxyl groups excluding tert-OH is 17. The number of carbonyl (C=O) groups excluding carboxylic acids is 4. The van der Waals surface area contributed by atoms with Crippen LogP contribution in [0.25, 0.3) is 0 Å². The van der Waals surface area contributed by atoms with Crippen LogP contribution in [-0.4, -0.2) is 214 Å². The van der Waals surface area contributed by atoms with Crippen molar-refractivity contribution in [2.24, 2.45) is 226 Å². The lowest BCUT2D eigenvalue weighted by atomic mass is 9.43. The molecular weight excluding hydrogens is 1690 g/mol. The van der Waals surface area contributed by atoms with Crippen molar-refractivity contribution in [2.45, 2.75) is 443 Å². The Hall–Kier alpha value is -2.26. The number of aliphatic hydroxyl groups is 17. The summed E-state index contributed by atoms with van der Waals surface area (Å²) in [4.78, 5) is 53.3. The van der Waals surface area contributed by atoms with E-state index in [1.807, 2.05) is 55.4 Å². The first kappa shape index (κ1) is 109. The number of hydrogen-bond donors (Lipinski definition) is 17. The number of rotatable bonds is 19. The summed E-state index contributed by atoms with van der Waals surface area (Å²) >= 11 is 0. The van der Waals surface area contributed by atoms with Gasteiger partial charge in [-0.15, -0.1) is 0 Å². The van der Waals surface area contributed by atoms with Crippen LogP contribution in [0, 0.1) is 226 Å². The van der Waals surface area contributed by atoms with Crippen LogP contribution >= 0.6 is 0 Å². The third kappa shape index (κ3) is 18.3. The van der Waals surface area contributed by atoms with Gasteiger partial charge in [-0.2, -0.15) is 0 Å². The molecule has 0 radical (unpaired) electrons. The van der Waals surface area contributed by atoms with Crippen LogP contribution in [-0.2, 0) is 19.2 Å². The molecular formula is C113H192O21. The molecule has 52 atom stereocenters. The van der Waals surface area contributed by atoms with Gasteiger partial charge in [0.2, 0.25) is 0 Å². The summed E-state index contributed by atoms with van der Waals surface area (Å²) < 4.78 is 0. The fraction of sp³-hybridized carbons (Fsp3) is 0.947. The molecule has 16 unspecified atom stereocenters. The zero-order valence-electron chi connectivity index (χ0n) is 87.2. The largest absolute Gasteiger partial charge is 0.393 e. The topological polar surface area (TPSA) is 412 Å². The minimum Gasteiger partial charge on any atom is -0.393 e. The average molecular weight is 1890 g/mol. The summed E-state index contributed by atoms with van der Waals surface area (Å²) in [5.74, 6) is 6.06. The van der Waals surface area contributed by atoms with Gasteiger partial charge in [-0.3, -0.25) is 19.2 Å². The van der Waals surface area contributed by atoms with E-state index in [4.69, 9.17) is 0 Å². The Morgan fingerprint density at radius 1 is 0.306 bits per heavy atom. The van der Waals surface area contributed by atoms with Gasteiger partial charge in [-0.25, -0.2) is 0 Å². The van der Waals surface area contributed by atoms with Crippen molar-refractivity contribution in [2.75, 3.05) is 0 Å². The molecule has 16 aliphatic rings. The van der Waals surface area contributed by atoms with Gasteiger partial charge < -0.3 is 86.8 Å². The van der Waals surface area contributed by atoms with E-state index in [1.165, 1.54) is 0 Å². The highest BCUT2D eigenvalue weighted by molar-refractivity contribution is 5.85. The van der Waals surface area contributed by atoms with Gasteiger partial charge in [-0.05, 0) is 345 Å². The summed E-state index contributed by atoms with van der Waals surface area (Å²) in [5, 5.41) is 183. The molecule has 16 rings (SSSR count). The van der Waals surface area contributed by atoms with Crippen molar-refractivity contribution in [3.8, 4) is 0 Å². The maximum Gasteiger partial charge on any atom is 0.137 e. The van der Waals surface area contributed by atoms with Crippen LogP contribution in [0.5, 0.6) is 0 Å². The Balaban J connectivity index is 0.000000152. The third-order valence-electron chi connectivity index (χ3n) is 46.6. The second-order valence-corrected chi connectivity index (χ2v) is 53.9. The van der Waals surface area contributed by atoms with Crippen molar-refractivity contribution in [3.63, 3.8) is 0 Å². The van der Waals surface area contributed by atoms with Gasteiger partial charge in [-0.1, -0.05) is 173 Å². The molecule has 0 aromatic carbocycles. The maximum absolute atomic E-state index is 13.4. The number of carbonyl (C=O) groups is 4. The van der Waals surface area contributed by atoms with Gasteiger partial charge in [0, 0.05) is 60.2 Å². The number of Topliss-reactive ketones (excluding diaryl/α,β-unsaturated/α-hetero) is 4. The van der Waals surface area contributed by atoms with E-state index >= 15 is 0 Å². The standard InChI is InChI=1S/C29H48O5.2C28H48O6.C28H48O4/c1-15(25(33)26(34)16(2)27(3,4)5)18-8-9-19-17-12-22(30)21-13-23(31)24(32)14-29(21,7)20(17)10-11-28(18,19)6;2*1-13(2)14(3)23(31)24(32)15(4)17-7-8-18-16-11-21(29)20-12-22(30)25(33)26(34)28(20,6)19(16)9-10-27(17,18)5;1-15(2)16(3)25(31)26(32)17(4)20-7-8-21-19-14-24(30)23-13-18(29)9-11-28(23,6)22(19)10-12-27(20,21)5/h15,17-21,23-26,31-34H,2,8-14H2,1,3-7H3;2*13-20,22-26,30-34H,7-12H2,1-6H3;15-23,25-26,29,31-32H,7-14H2,1-6H3/t15-,17?,18+,19?,20?,21?,23+,24-,25+,26+,28+,29+;14-,15-,16?,17+,18?,19?,20?,22+,23+,24+,25-,26-,27+,28+;14-,15-,16?,17+,18?,19?,20?,22-,23+,24+,25-,26+,27+,28+;16-,17-,18+,19?,20+,21?,22?,23?,25+,26+,27+,28+/m0000/s1. The molecule has 0 aliphatic heterocycles. The highest BCUT2D eigenvalue weighted by Crippen LogP contribution is 2.74. The molecule has 21 heteroatoms. The van der Waals surface area contributed by atoms with Crippen LogP contribution in [0.1, 0.15) is 340 Å². The summed E-state index contributed by atoms with van der Waals surface area (Å²) in [7, 11) is 0. The maximum atomic E-state index is 13.4. The van der Waals surface area contributed by atoms with E-state index in [1.54, 1.807) is 0 Å². The van der Waals surface area contributed by atoms with Crippen molar-refractivity contribution in [1.29, 1.82) is 0 Å². The first-order chi connectivity index (χ1) is 62.1. The van der Waals surface area contributed by atoms with Crippen LogP contribution < -0.4 is 0 Å². The van der Waals surface area contributed by atoms with Crippen molar-refractivity contribution in [1.82, 2.24) is 0 Å². The zero-order chi connectivity index (χ0) is 99.6. The van der Waals surface area contributed by atoms with Crippen molar-refractivity contribution in [3.05, 3.63) is 12.2 Å². The van der Waals surface area contributed by atoms with Crippen molar-refractivity contribution >= 4 is 23.1 Å². The second kappa shape index (κ2) is 39.9. The van der Waals surface area contributed by atoms with Gasteiger partial charge in [0.05, 0.1) is 85.5 Å². The average Bonchev–Trinajstić information content (AvgIpc) is 1.32. The minimum absolute atomic E-state index is 0.0145. The highest BCUT2D eigenvalue weighted by atomic mass is 16.4. The van der Waals surface area contributed by atoms with Gasteiger partial charge in [0.25, 0.3) is 0 Å². The Morgan fingerprint density at radius 2 is 0.567 bits per heavy atom. The smallest absolute Gasteiger partial charge is 0.137 e. The number of hydrogen-bond acceptors (Lipinski definition) is 21. The SMILES string of the molecule is C=C([C@@H](O)[C@H](O)[C@@H](C)[C@H]1CCC2C3CC(=O)C4C[C@@H](O)[C@@H](O)C[C@]4(C)C3CC[C@@]21C)C(C)(C)C.CC(C)[C@H](C)[C@@H](O)[C@H](O)[C@@H](C)[C@H]1CCC2C3CC(=O)C4C[C@@H](O)[C@H](O)[C@H](O)[C@]4(C)C3CC[C@@]21C.CC(C)[C@H](C)[C@@H](O)[C@H](O)[C@@H](C)[C@H]1CCC2C3CC(=O)C4C[C@H](O)CC[C@]4(C)C3CC[C@@]21C.CC(C)[C@H](C)[C@@H](O)[C@H](O)[C@@H](C)[C@H]1CCC2C3CC(=O)C4C[C@H](O)[C@H](O)[C@@H](O)[C@]4(C)C3CC[C@@]21C. The summed E-state index contributed by atoms with van der Waals surface area (Å²) in [5.41, 5.74) is -1.11. The Morgan fingerprint density at radius 3 is 0.881 bits per heavy atom. The van der Waals surface area contributed by atoms with E-state index in [-0.39, 0.29) is 181 Å². The van der Waals surface area contributed by atoms with E-state index in [9.17, 15) is 106 Å². The molecule has 16 fully saturated rings. The van der Waals surface area contributed by atoms with Crippen LogP contribution in [0.2, 0.25) is 0 Å². The molecule has 16 aliphatic carbocycles. The minimum atomic E-state index is -1.21. The van der Waals surface area contributed by atoms with E-state index in [2.05, 4.69) is 117 Å². The summed E-state index contributed by atoms with van der Waals surface area (Å²) in [6.07, 6.45) is 7.57. The fourth-order valence-electron chi connectivity index (χ4n) is 36.8. The number of ketones is 4. The van der Waals surface area contributed by atoms with Crippen molar-refractivity contribution < 1.29 is 106 Å². The molecule has 17 N–H and O–H groups in total. The quantitative estimate of drug-likeness (QED) is 0.0534. The predicted octanol–water partition coefficient (Wildman–Crippen LogP) is 14.5. The lowest BCUT2D eigenvalue weighted by Crippen LogP contribution is -2.66. The molecule has 0 aromatic heterocycles. The Kier molecular flexibility index (Phi) is 32.5. The molecule has 0 amide bonds. The van der Waals surface area contributed by atoms with Gasteiger partial charge >= 0.3 is 0 Å². The van der Waals surface area contributed by atoms with Crippen LogP contribution in [0.4, 0.5) is 0 Å². The molecule has 770 valence electrons. The third-order valence-corrected chi connectivity index (χ3v) is 46.6. The highest BCUT2D eigenvalue weighted by Gasteiger charge is 2.72. The second-order valence-electron chi connectivity index (χ2n) is 53.9. The van der Waals surface area contributed by atoms with E-state index in [0.717, 1.165) is 116 Å². The molecule has 0 heterocycles. The Labute approximate surface area is 806 Å². The zero-order valence-corrected chi connectivity index (χ0v) is 87.2. The summed E-state index contributed by atoms with van der Waals surface area (Å²) in [6, 6.07) is 0. The van der Waals surface area contributed by atoms with E-state index in [0.29, 0.717) is 115 Å². The summed E-state index contributed by atoms with van der Waals surface area (Å²) in [6.45, 7) is 55.0. The lowest BCUT2D eigenvalue weighted by molar-refractivity contribution is -0.219. The molecule has 0 aromatic rings. The first-order valence-corrected chi connectivity index (χ1v) is 54.4. The number of fused-ring (bicyclic) bond motifs is 20. The molecule has 21 nitrogen and oxygen atoms in total. The molecule has 0 bridgehead atoms. The van der Waals surface area contributed by atoms with E-state index < -0.39 is 120 Å². The normalized spacial score (nSPS) is 48.9. The van der Waals surface area contributed by atoms with Gasteiger partial charge in [0.1, 0.15) is 41.4 Å². The molecule has 0 spiro atoms. The lowest BCUT2D eigenvalue weighted by Gasteiger charge is -2.62. The molecule has 134 heavy (non-hydrogen) atoms. The monoisotopic (exact) mass is 1890 g/mol. The van der Waals surface area contributed by atoms with Crippen LogP contribution in [0.3, 0.4) is 0 Å². The first-order valence-electron chi connectivity index (χ1n) is 54.4. The molecule has 16 saturated carbocycles. The van der Waals surface area contributed by atoms with Gasteiger partial charge in [0.15, 0.2) is 0 Å². The predicted molar refractivity (Wildman–Crippen MR) is 519 cm³/mol.